The number of nitrogens with one attached hydrogen (secondary N) is 1. The van der Waals surface area contributed by atoms with Crippen molar-refractivity contribution in [2.24, 2.45) is 0 Å². The van der Waals surface area contributed by atoms with Crippen LogP contribution >= 0.6 is 34.5 Å². The zero-order valence-corrected chi connectivity index (χ0v) is 14.5. The van der Waals surface area contributed by atoms with Crippen LogP contribution in [0.4, 0.5) is 5.13 Å². The largest absolute Gasteiger partial charge is 0.310 e. The summed E-state index contributed by atoms with van der Waals surface area (Å²) in [5, 5.41) is 5.76. The van der Waals surface area contributed by atoms with Crippen LogP contribution in [0, 0.1) is 0 Å². The van der Waals surface area contributed by atoms with Gasteiger partial charge in [0.25, 0.3) is 11.5 Å². The maximum atomic E-state index is 12.5. The van der Waals surface area contributed by atoms with E-state index in [1.807, 2.05) is 0 Å². The second-order valence-corrected chi connectivity index (χ2v) is 6.62. The summed E-state index contributed by atoms with van der Waals surface area (Å²) in [4.78, 5) is 28.8. The van der Waals surface area contributed by atoms with Crippen molar-refractivity contribution in [3.05, 3.63) is 79.6 Å². The zero-order chi connectivity index (χ0) is 17.1. The summed E-state index contributed by atoms with van der Waals surface area (Å²) < 4.78 is 1.42. The van der Waals surface area contributed by atoms with E-state index in [9.17, 15) is 9.59 Å². The van der Waals surface area contributed by atoms with Crippen LogP contribution in [0.25, 0.3) is 0 Å². The van der Waals surface area contributed by atoms with Gasteiger partial charge in [0.2, 0.25) is 0 Å². The maximum Gasteiger partial charge on any atom is 0.263 e. The standard InChI is InChI=1S/C16H11Cl2N3O2S/c17-11-4-3-10(13(18)8-11)9-21-6-1-2-12(15(21)23)14(22)20-16-19-5-7-24-16/h1-8H,9H2,(H,19,20,22). The van der Waals surface area contributed by atoms with Crippen molar-refractivity contribution >= 4 is 45.6 Å². The van der Waals surface area contributed by atoms with Crippen LogP contribution in [-0.4, -0.2) is 15.5 Å². The van der Waals surface area contributed by atoms with Crippen molar-refractivity contribution in [2.45, 2.75) is 6.54 Å². The molecule has 8 heteroatoms. The van der Waals surface area contributed by atoms with Gasteiger partial charge >= 0.3 is 0 Å². The normalized spacial score (nSPS) is 10.6. The molecule has 1 amide bonds. The Morgan fingerprint density at radius 3 is 2.83 bits per heavy atom. The SMILES string of the molecule is O=C(Nc1nccs1)c1cccn(Cc2ccc(Cl)cc2Cl)c1=O. The number of hydrogen-bond donors (Lipinski definition) is 1. The fraction of sp³-hybridized carbons (Fsp3) is 0.0625. The lowest BCUT2D eigenvalue weighted by Gasteiger charge is -2.09. The molecule has 0 saturated carbocycles. The minimum absolute atomic E-state index is 0.0396. The van der Waals surface area contributed by atoms with E-state index in [0.29, 0.717) is 15.2 Å². The molecule has 2 aromatic heterocycles. The third-order valence-electron chi connectivity index (χ3n) is 3.27. The molecule has 0 fully saturated rings. The number of rotatable bonds is 4. The number of anilines is 1. The number of aromatic nitrogens is 2. The summed E-state index contributed by atoms with van der Waals surface area (Å²) >= 11 is 13.3. The lowest BCUT2D eigenvalue weighted by molar-refractivity contribution is 0.102. The van der Waals surface area contributed by atoms with E-state index < -0.39 is 11.5 Å². The molecular weight excluding hydrogens is 369 g/mol. The van der Waals surface area contributed by atoms with E-state index in [-0.39, 0.29) is 12.1 Å². The van der Waals surface area contributed by atoms with Gasteiger partial charge in [-0.1, -0.05) is 29.3 Å². The summed E-state index contributed by atoms with van der Waals surface area (Å²) in [6.45, 7) is 0.243. The molecule has 122 valence electrons. The molecule has 1 N–H and O–H groups in total. The number of thiazole rings is 1. The Labute approximate surface area is 151 Å². The molecule has 3 rings (SSSR count). The predicted octanol–water partition coefficient (Wildman–Crippen LogP) is 3.91. The third kappa shape index (κ3) is 3.67. The van der Waals surface area contributed by atoms with Gasteiger partial charge in [0.15, 0.2) is 5.13 Å². The highest BCUT2D eigenvalue weighted by Crippen LogP contribution is 2.21. The Balaban J connectivity index is 1.88. The van der Waals surface area contributed by atoms with Gasteiger partial charge in [-0.05, 0) is 29.8 Å². The fourth-order valence-corrected chi connectivity index (χ4v) is 3.11. The van der Waals surface area contributed by atoms with Gasteiger partial charge in [0, 0.05) is 27.8 Å². The summed E-state index contributed by atoms with van der Waals surface area (Å²) in [6, 6.07) is 8.18. The first-order valence-electron chi connectivity index (χ1n) is 6.89. The van der Waals surface area contributed by atoms with Gasteiger partial charge < -0.3 is 4.57 Å². The first-order valence-corrected chi connectivity index (χ1v) is 8.52. The summed E-state index contributed by atoms with van der Waals surface area (Å²) in [5.41, 5.74) is 0.371. The smallest absolute Gasteiger partial charge is 0.263 e. The van der Waals surface area contributed by atoms with Crippen molar-refractivity contribution in [1.82, 2.24) is 9.55 Å². The number of benzene rings is 1. The fourth-order valence-electron chi connectivity index (χ4n) is 2.12. The van der Waals surface area contributed by atoms with Crippen LogP contribution < -0.4 is 10.9 Å². The van der Waals surface area contributed by atoms with E-state index >= 15 is 0 Å². The maximum absolute atomic E-state index is 12.5. The summed E-state index contributed by atoms with van der Waals surface area (Å²) in [6.07, 6.45) is 3.18. The number of halogens is 2. The van der Waals surface area contributed by atoms with Crippen LogP contribution in [0.1, 0.15) is 15.9 Å². The topological polar surface area (TPSA) is 64.0 Å². The molecule has 0 aliphatic heterocycles. The molecule has 0 bridgehead atoms. The highest BCUT2D eigenvalue weighted by atomic mass is 35.5. The summed E-state index contributed by atoms with van der Waals surface area (Å²) in [5.74, 6) is -0.494. The van der Waals surface area contributed by atoms with Gasteiger partial charge in [0.05, 0.1) is 6.54 Å². The number of carbonyl (C=O) groups excluding carboxylic acids is 1. The molecular formula is C16H11Cl2N3O2S. The van der Waals surface area contributed by atoms with Crippen LogP contribution in [-0.2, 0) is 6.54 Å². The average Bonchev–Trinajstić information content (AvgIpc) is 3.04. The minimum Gasteiger partial charge on any atom is -0.310 e. The minimum atomic E-state index is -0.494. The predicted molar refractivity (Wildman–Crippen MR) is 96.3 cm³/mol. The molecule has 0 aliphatic rings. The van der Waals surface area contributed by atoms with Gasteiger partial charge in [0.1, 0.15) is 5.56 Å². The van der Waals surface area contributed by atoms with Crippen LogP contribution in [0.2, 0.25) is 10.0 Å². The van der Waals surface area contributed by atoms with E-state index in [2.05, 4.69) is 10.3 Å². The second-order valence-electron chi connectivity index (χ2n) is 4.88. The number of nitrogens with zero attached hydrogens (tertiary/aromatic N) is 2. The summed E-state index contributed by atoms with van der Waals surface area (Å²) in [7, 11) is 0. The lowest BCUT2D eigenvalue weighted by Crippen LogP contribution is -2.29. The lowest BCUT2D eigenvalue weighted by atomic mass is 10.2. The molecule has 0 spiro atoms. The molecule has 1 aromatic carbocycles. The van der Waals surface area contributed by atoms with E-state index in [1.165, 1.54) is 22.0 Å². The average molecular weight is 380 g/mol. The first kappa shape index (κ1) is 16.7. The first-order chi connectivity index (χ1) is 11.5. The van der Waals surface area contributed by atoms with Crippen LogP contribution in [0.5, 0.6) is 0 Å². The quantitative estimate of drug-likeness (QED) is 0.747. The van der Waals surface area contributed by atoms with E-state index in [4.69, 9.17) is 23.2 Å². The van der Waals surface area contributed by atoms with Crippen molar-refractivity contribution < 1.29 is 4.79 Å². The van der Waals surface area contributed by atoms with E-state index in [1.54, 1.807) is 42.0 Å². The molecule has 2 heterocycles. The molecule has 0 radical (unpaired) electrons. The van der Waals surface area contributed by atoms with Gasteiger partial charge in [-0.3, -0.25) is 14.9 Å². The third-order valence-corrected chi connectivity index (χ3v) is 4.55. The molecule has 0 atom stereocenters. The molecule has 3 aromatic rings. The van der Waals surface area contributed by atoms with Gasteiger partial charge in [-0.15, -0.1) is 11.3 Å². The molecule has 24 heavy (non-hydrogen) atoms. The number of amides is 1. The second kappa shape index (κ2) is 7.17. The van der Waals surface area contributed by atoms with E-state index in [0.717, 1.165) is 5.56 Å². The molecule has 5 nitrogen and oxygen atoms in total. The highest BCUT2D eigenvalue weighted by Gasteiger charge is 2.14. The Morgan fingerprint density at radius 2 is 2.12 bits per heavy atom. The molecule has 0 saturated heterocycles. The zero-order valence-electron chi connectivity index (χ0n) is 12.2. The van der Waals surface area contributed by atoms with Gasteiger partial charge in [-0.2, -0.15) is 0 Å². The Morgan fingerprint density at radius 1 is 1.29 bits per heavy atom. The molecule has 0 unspecified atom stereocenters. The van der Waals surface area contributed by atoms with Crippen LogP contribution in [0.15, 0.2) is 52.9 Å². The monoisotopic (exact) mass is 379 g/mol. The Kier molecular flexibility index (Phi) is 4.99. The Hall–Kier alpha value is -2.15. The number of pyridine rings is 1. The van der Waals surface area contributed by atoms with Gasteiger partial charge in [-0.25, -0.2) is 4.98 Å². The number of carbonyl (C=O) groups is 1. The number of hydrogen-bond acceptors (Lipinski definition) is 4. The van der Waals surface area contributed by atoms with Crippen molar-refractivity contribution in [3.8, 4) is 0 Å². The van der Waals surface area contributed by atoms with Crippen molar-refractivity contribution in [2.75, 3.05) is 5.32 Å². The van der Waals surface area contributed by atoms with Crippen molar-refractivity contribution in [3.63, 3.8) is 0 Å². The van der Waals surface area contributed by atoms with Crippen LogP contribution in [0.3, 0.4) is 0 Å². The molecule has 0 aliphatic carbocycles. The Bertz CT molecular complexity index is 939. The highest BCUT2D eigenvalue weighted by molar-refractivity contribution is 7.13. The van der Waals surface area contributed by atoms with Crippen molar-refractivity contribution in [1.29, 1.82) is 0 Å².